The molecule has 0 radical (unpaired) electrons. The number of carbonyl (C=O) groups excluding carboxylic acids is 1. The Labute approximate surface area is 167 Å². The summed E-state index contributed by atoms with van der Waals surface area (Å²) in [5.41, 5.74) is 4.59. The van der Waals surface area contributed by atoms with Crippen LogP contribution in [0.3, 0.4) is 0 Å². The van der Waals surface area contributed by atoms with Gasteiger partial charge in [-0.15, -0.1) is 0 Å². The van der Waals surface area contributed by atoms with Crippen LogP contribution in [-0.2, 0) is 6.42 Å². The average molecular weight is 427 g/mol. The number of amides is 1. The molecule has 140 valence electrons. The maximum absolute atomic E-state index is 13.5. The molecule has 0 aliphatic carbocycles. The summed E-state index contributed by atoms with van der Waals surface area (Å²) in [6.07, 6.45) is 2.65. The second kappa shape index (κ2) is 6.75. The molecule has 0 N–H and O–H groups in total. The smallest absolute Gasteiger partial charge is 0.259 e. The van der Waals surface area contributed by atoms with Gasteiger partial charge in [0.05, 0.1) is 17.1 Å². The summed E-state index contributed by atoms with van der Waals surface area (Å²) >= 11 is 3.52. The van der Waals surface area contributed by atoms with Crippen LogP contribution in [0.5, 0.6) is 0 Å². The van der Waals surface area contributed by atoms with Gasteiger partial charge in [0.15, 0.2) is 5.65 Å². The molecule has 1 aliphatic rings. The van der Waals surface area contributed by atoms with Crippen LogP contribution >= 0.6 is 15.9 Å². The maximum atomic E-state index is 13.5. The quantitative estimate of drug-likeness (QED) is 0.584. The first-order valence-electron chi connectivity index (χ1n) is 9.35. The molecule has 1 aromatic carbocycles. The third-order valence-electron chi connectivity index (χ3n) is 5.08. The standard InChI is InChI=1S/C21H23BrN4O/c1-12(2)18-10-16(17-11-23-26(13(3)4)20(17)24-18)21(27)25-8-7-14-9-15(22)5-6-19(14)25/h5-6,9-13H,7-8H2,1-4H3. The van der Waals surface area contributed by atoms with E-state index in [0.717, 1.165) is 33.3 Å². The average Bonchev–Trinajstić information content (AvgIpc) is 3.23. The normalized spacial score (nSPS) is 13.8. The molecule has 6 heteroatoms. The van der Waals surface area contributed by atoms with Crippen molar-refractivity contribution in [3.05, 3.63) is 51.8 Å². The fourth-order valence-electron chi connectivity index (χ4n) is 3.61. The van der Waals surface area contributed by atoms with Crippen molar-refractivity contribution in [3.63, 3.8) is 0 Å². The lowest BCUT2D eigenvalue weighted by Crippen LogP contribution is -2.29. The fourth-order valence-corrected chi connectivity index (χ4v) is 4.02. The summed E-state index contributed by atoms with van der Waals surface area (Å²) in [6, 6.07) is 8.23. The minimum atomic E-state index is 0.0219. The number of hydrogen-bond acceptors (Lipinski definition) is 3. The van der Waals surface area contributed by atoms with Crippen LogP contribution in [-0.4, -0.2) is 27.2 Å². The maximum Gasteiger partial charge on any atom is 0.259 e. The van der Waals surface area contributed by atoms with Gasteiger partial charge >= 0.3 is 0 Å². The van der Waals surface area contributed by atoms with Crippen molar-refractivity contribution in [3.8, 4) is 0 Å². The van der Waals surface area contributed by atoms with Gasteiger partial charge < -0.3 is 4.90 Å². The van der Waals surface area contributed by atoms with Gasteiger partial charge in [-0.3, -0.25) is 4.79 Å². The highest BCUT2D eigenvalue weighted by Gasteiger charge is 2.28. The topological polar surface area (TPSA) is 51.0 Å². The second-order valence-corrected chi connectivity index (χ2v) is 8.57. The van der Waals surface area contributed by atoms with Crippen LogP contribution in [0, 0.1) is 0 Å². The number of aromatic nitrogens is 3. The number of anilines is 1. The highest BCUT2D eigenvalue weighted by atomic mass is 79.9. The zero-order chi connectivity index (χ0) is 19.3. The third-order valence-corrected chi connectivity index (χ3v) is 5.57. The lowest BCUT2D eigenvalue weighted by molar-refractivity contribution is 0.0991. The van der Waals surface area contributed by atoms with Crippen LogP contribution in [0.25, 0.3) is 11.0 Å². The van der Waals surface area contributed by atoms with Crippen molar-refractivity contribution in [2.24, 2.45) is 0 Å². The van der Waals surface area contributed by atoms with E-state index < -0.39 is 0 Å². The highest BCUT2D eigenvalue weighted by Crippen LogP contribution is 2.33. The lowest BCUT2D eigenvalue weighted by Gasteiger charge is -2.19. The van der Waals surface area contributed by atoms with E-state index in [0.29, 0.717) is 12.1 Å². The molecular weight excluding hydrogens is 404 g/mol. The van der Waals surface area contributed by atoms with Crippen LogP contribution < -0.4 is 4.90 Å². The fraction of sp³-hybridized carbons (Fsp3) is 0.381. The lowest BCUT2D eigenvalue weighted by atomic mass is 10.0. The molecule has 3 aromatic rings. The largest absolute Gasteiger partial charge is 0.308 e. The van der Waals surface area contributed by atoms with E-state index in [1.165, 1.54) is 5.56 Å². The predicted molar refractivity (Wildman–Crippen MR) is 112 cm³/mol. The Morgan fingerprint density at radius 2 is 1.96 bits per heavy atom. The van der Waals surface area contributed by atoms with Gasteiger partial charge in [0.1, 0.15) is 0 Å². The Hall–Kier alpha value is -2.21. The molecule has 0 unspecified atom stereocenters. The van der Waals surface area contributed by atoms with Crippen LogP contribution in [0.1, 0.15) is 61.3 Å². The van der Waals surface area contributed by atoms with E-state index in [9.17, 15) is 4.79 Å². The van der Waals surface area contributed by atoms with Gasteiger partial charge in [-0.05, 0) is 56.0 Å². The van der Waals surface area contributed by atoms with Crippen molar-refractivity contribution in [2.75, 3.05) is 11.4 Å². The Morgan fingerprint density at radius 1 is 1.19 bits per heavy atom. The Morgan fingerprint density at radius 3 is 2.67 bits per heavy atom. The summed E-state index contributed by atoms with van der Waals surface area (Å²) in [6.45, 7) is 9.05. The number of pyridine rings is 1. The molecular formula is C21H23BrN4O. The second-order valence-electron chi connectivity index (χ2n) is 7.65. The van der Waals surface area contributed by atoms with E-state index >= 15 is 0 Å². The molecule has 0 saturated carbocycles. The van der Waals surface area contributed by atoms with Gasteiger partial charge in [-0.1, -0.05) is 29.8 Å². The Kier molecular flexibility index (Phi) is 4.54. The minimum Gasteiger partial charge on any atom is -0.308 e. The molecule has 4 rings (SSSR count). The van der Waals surface area contributed by atoms with Gasteiger partial charge in [-0.25, -0.2) is 9.67 Å². The molecule has 0 saturated heterocycles. The summed E-state index contributed by atoms with van der Waals surface area (Å²) in [7, 11) is 0. The monoisotopic (exact) mass is 426 g/mol. The Balaban J connectivity index is 1.85. The molecule has 1 aliphatic heterocycles. The van der Waals surface area contributed by atoms with Crippen molar-refractivity contribution in [1.82, 2.24) is 14.8 Å². The molecule has 0 bridgehead atoms. The van der Waals surface area contributed by atoms with Crippen molar-refractivity contribution < 1.29 is 4.79 Å². The first kappa shape index (κ1) is 18.2. The van der Waals surface area contributed by atoms with Gasteiger partial charge in [0, 0.05) is 28.4 Å². The van der Waals surface area contributed by atoms with E-state index in [4.69, 9.17) is 4.98 Å². The van der Waals surface area contributed by atoms with Crippen LogP contribution in [0.15, 0.2) is 34.9 Å². The van der Waals surface area contributed by atoms with E-state index in [1.807, 2.05) is 27.8 Å². The number of rotatable bonds is 3. The minimum absolute atomic E-state index is 0.0219. The summed E-state index contributed by atoms with van der Waals surface area (Å²) in [5.74, 6) is 0.256. The van der Waals surface area contributed by atoms with E-state index in [2.05, 4.69) is 54.8 Å². The molecule has 5 nitrogen and oxygen atoms in total. The number of nitrogens with zero attached hydrogens (tertiary/aromatic N) is 4. The highest BCUT2D eigenvalue weighted by molar-refractivity contribution is 9.10. The summed E-state index contributed by atoms with van der Waals surface area (Å²) < 4.78 is 2.94. The summed E-state index contributed by atoms with van der Waals surface area (Å²) in [5, 5.41) is 5.32. The van der Waals surface area contributed by atoms with Gasteiger partial charge in [0.2, 0.25) is 0 Å². The SMILES string of the molecule is CC(C)c1cc(C(=O)N2CCc3cc(Br)ccc32)c2cnn(C(C)C)c2n1. The van der Waals surface area contributed by atoms with Gasteiger partial charge in [-0.2, -0.15) is 5.10 Å². The van der Waals surface area contributed by atoms with Gasteiger partial charge in [0.25, 0.3) is 5.91 Å². The molecule has 0 atom stereocenters. The summed E-state index contributed by atoms with van der Waals surface area (Å²) in [4.78, 5) is 20.2. The van der Waals surface area contributed by atoms with Crippen LogP contribution in [0.2, 0.25) is 0 Å². The number of hydrogen-bond donors (Lipinski definition) is 0. The number of halogens is 1. The first-order chi connectivity index (χ1) is 12.9. The van der Waals surface area contributed by atoms with E-state index in [-0.39, 0.29) is 17.9 Å². The molecule has 2 aromatic heterocycles. The predicted octanol–water partition coefficient (Wildman–Crippen LogP) is 5.10. The van der Waals surface area contributed by atoms with E-state index in [1.54, 1.807) is 6.20 Å². The number of carbonyl (C=O) groups is 1. The zero-order valence-corrected chi connectivity index (χ0v) is 17.6. The number of fused-ring (bicyclic) bond motifs is 2. The van der Waals surface area contributed by atoms with Crippen LogP contribution in [0.4, 0.5) is 5.69 Å². The van der Waals surface area contributed by atoms with Crippen molar-refractivity contribution in [2.45, 2.75) is 46.1 Å². The van der Waals surface area contributed by atoms with Crippen molar-refractivity contribution in [1.29, 1.82) is 0 Å². The molecule has 0 spiro atoms. The molecule has 0 fully saturated rings. The van der Waals surface area contributed by atoms with Crippen molar-refractivity contribution >= 4 is 38.6 Å². The molecule has 27 heavy (non-hydrogen) atoms. The third kappa shape index (κ3) is 3.06. The number of benzene rings is 1. The zero-order valence-electron chi connectivity index (χ0n) is 16.0. The molecule has 1 amide bonds. The molecule has 3 heterocycles. The first-order valence-corrected chi connectivity index (χ1v) is 10.1. The Bertz CT molecular complexity index is 1040.